The maximum absolute atomic E-state index is 12.7. The number of hydrogen-bond donors (Lipinski definition) is 0. The van der Waals surface area contributed by atoms with Gasteiger partial charge in [0.1, 0.15) is 17.1 Å². The number of piperidine rings is 1. The average molecular weight is 418 g/mol. The Morgan fingerprint density at radius 3 is 2.47 bits per heavy atom. The Kier molecular flexibility index (Phi) is 6.63. The van der Waals surface area contributed by atoms with Gasteiger partial charge >= 0.3 is 6.09 Å². The summed E-state index contributed by atoms with van der Waals surface area (Å²) >= 11 is 0. The maximum Gasteiger partial charge on any atom is 0.411 e. The predicted octanol–water partition coefficient (Wildman–Crippen LogP) is 2.56. The van der Waals surface area contributed by atoms with Gasteiger partial charge < -0.3 is 9.64 Å². The molecule has 0 bridgehead atoms. The summed E-state index contributed by atoms with van der Waals surface area (Å²) in [6.45, 7) is 9.34. The smallest absolute Gasteiger partial charge is 0.411 e. The van der Waals surface area contributed by atoms with Crippen LogP contribution in [0.15, 0.2) is 29.1 Å². The lowest BCUT2D eigenvalue weighted by molar-refractivity contribution is -0.420. The molecule has 3 rings (SSSR count). The molecular weight excluding hydrogens is 388 g/mol. The lowest BCUT2D eigenvalue weighted by Crippen LogP contribution is -2.59. The molecule has 30 heavy (non-hydrogen) atoms. The normalized spacial score (nSPS) is 23.4. The first-order valence-corrected chi connectivity index (χ1v) is 10.5. The second-order valence-corrected chi connectivity index (χ2v) is 8.90. The zero-order chi connectivity index (χ0) is 21.9. The summed E-state index contributed by atoms with van der Waals surface area (Å²) in [4.78, 5) is 40.7. The molecule has 1 aliphatic carbocycles. The van der Waals surface area contributed by atoms with Gasteiger partial charge in [-0.05, 0) is 46.1 Å². The van der Waals surface area contributed by atoms with E-state index in [4.69, 9.17) is 4.74 Å². The summed E-state index contributed by atoms with van der Waals surface area (Å²) in [7, 11) is 0. The molecule has 1 unspecified atom stereocenters. The minimum Gasteiger partial charge on any atom is -0.444 e. The Morgan fingerprint density at radius 1 is 1.17 bits per heavy atom. The van der Waals surface area contributed by atoms with Crippen LogP contribution in [0.5, 0.6) is 0 Å². The van der Waals surface area contributed by atoms with Crippen molar-refractivity contribution in [3.63, 3.8) is 0 Å². The van der Waals surface area contributed by atoms with Crippen molar-refractivity contribution in [2.75, 3.05) is 32.7 Å². The fourth-order valence-electron chi connectivity index (χ4n) is 4.22. The van der Waals surface area contributed by atoms with Crippen LogP contribution < -0.4 is 0 Å². The summed E-state index contributed by atoms with van der Waals surface area (Å²) in [5.41, 5.74) is 0.280. The van der Waals surface area contributed by atoms with Crippen LogP contribution in [0, 0.1) is 10.1 Å². The number of likely N-dealkylation sites (tertiary alicyclic amines) is 1. The second-order valence-electron chi connectivity index (χ2n) is 8.90. The highest BCUT2D eigenvalue weighted by Crippen LogP contribution is 2.28. The monoisotopic (exact) mass is 418 g/mol. The molecule has 0 aromatic carbocycles. The molecule has 2 fully saturated rings. The standard InChI is InChI=1S/C21H30N4O5/c1-21(2,3)30-20(27)24-9-5-4-6-19(24)23-12-10-22(11-13-23)17-7-8-18(25(28)29)16(14-17)15-26/h7-8,19H,4-6,9-14H2,1-3H3. The minimum atomic E-state index is -0.542. The Bertz CT molecular complexity index is 799. The molecule has 0 N–H and O–H groups in total. The van der Waals surface area contributed by atoms with Crippen LogP contribution >= 0.6 is 0 Å². The third-order valence-corrected chi connectivity index (χ3v) is 5.66. The van der Waals surface area contributed by atoms with Gasteiger partial charge in [-0.25, -0.2) is 9.59 Å². The van der Waals surface area contributed by atoms with Gasteiger partial charge in [-0.2, -0.15) is 0 Å². The number of allylic oxidation sites excluding steroid dienone is 4. The van der Waals surface area contributed by atoms with Crippen LogP contribution in [0.25, 0.3) is 0 Å². The summed E-state index contributed by atoms with van der Waals surface area (Å²) in [6, 6.07) is 0. The van der Waals surface area contributed by atoms with Crippen LogP contribution in [-0.2, 0) is 9.53 Å². The molecule has 164 valence electrons. The quantitative estimate of drug-likeness (QED) is 0.395. The SMILES string of the molecule is CC(C)(C)OC(=O)N1CCCCC1N1CCN(C2=CC=C([N+](=O)[O-])C(=C=O)C2)CC1. The average Bonchev–Trinajstić information content (AvgIpc) is 2.72. The Balaban J connectivity index is 1.64. The van der Waals surface area contributed by atoms with Crippen molar-refractivity contribution in [2.24, 2.45) is 0 Å². The molecule has 0 aromatic heterocycles. The summed E-state index contributed by atoms with van der Waals surface area (Å²) in [6.07, 6.45) is 6.09. The Labute approximate surface area is 176 Å². The fourth-order valence-corrected chi connectivity index (χ4v) is 4.22. The highest BCUT2D eigenvalue weighted by Gasteiger charge is 2.36. The zero-order valence-electron chi connectivity index (χ0n) is 17.9. The molecule has 0 saturated carbocycles. The van der Waals surface area contributed by atoms with E-state index < -0.39 is 10.5 Å². The lowest BCUT2D eigenvalue weighted by atomic mass is 10.0. The van der Waals surface area contributed by atoms with Crippen molar-refractivity contribution in [1.82, 2.24) is 14.7 Å². The van der Waals surface area contributed by atoms with Crippen molar-refractivity contribution in [3.05, 3.63) is 39.2 Å². The van der Waals surface area contributed by atoms with Crippen LogP contribution in [0.4, 0.5) is 4.79 Å². The van der Waals surface area contributed by atoms with E-state index in [1.165, 1.54) is 6.08 Å². The fraction of sp³-hybridized carbons (Fsp3) is 0.667. The third kappa shape index (κ3) is 5.09. The number of piperazine rings is 1. The molecule has 2 heterocycles. The Hall–Kier alpha value is -2.64. The van der Waals surface area contributed by atoms with E-state index in [0.29, 0.717) is 6.54 Å². The molecule has 1 amide bonds. The van der Waals surface area contributed by atoms with E-state index in [0.717, 1.165) is 51.1 Å². The van der Waals surface area contributed by atoms with Gasteiger partial charge in [-0.1, -0.05) is 0 Å². The van der Waals surface area contributed by atoms with E-state index in [1.807, 2.05) is 25.7 Å². The molecule has 0 aromatic rings. The van der Waals surface area contributed by atoms with Gasteiger partial charge in [0.05, 0.1) is 11.1 Å². The van der Waals surface area contributed by atoms with Gasteiger partial charge in [0.2, 0.25) is 0 Å². The number of carbonyl (C=O) groups excluding carboxylic acids is 2. The van der Waals surface area contributed by atoms with Crippen LogP contribution in [0.1, 0.15) is 46.5 Å². The second kappa shape index (κ2) is 9.02. The van der Waals surface area contributed by atoms with Crippen molar-refractivity contribution < 1.29 is 19.2 Å². The van der Waals surface area contributed by atoms with Crippen molar-refractivity contribution >= 4 is 12.0 Å². The number of rotatable bonds is 3. The molecule has 0 spiro atoms. The first-order chi connectivity index (χ1) is 14.2. The largest absolute Gasteiger partial charge is 0.444 e. The molecule has 9 nitrogen and oxygen atoms in total. The molecular formula is C21H30N4O5. The van der Waals surface area contributed by atoms with Crippen molar-refractivity contribution in [2.45, 2.75) is 58.2 Å². The first kappa shape index (κ1) is 22.1. The molecule has 1 atom stereocenters. The summed E-state index contributed by atoms with van der Waals surface area (Å²) in [5, 5.41) is 11.0. The first-order valence-electron chi connectivity index (χ1n) is 10.5. The maximum atomic E-state index is 12.7. The predicted molar refractivity (Wildman–Crippen MR) is 111 cm³/mol. The van der Waals surface area contributed by atoms with Crippen molar-refractivity contribution in [3.8, 4) is 0 Å². The lowest BCUT2D eigenvalue weighted by Gasteiger charge is -2.46. The topological polar surface area (TPSA) is 96.2 Å². The van der Waals surface area contributed by atoms with E-state index in [1.54, 1.807) is 12.0 Å². The molecule has 3 aliphatic rings. The number of amides is 1. The van der Waals surface area contributed by atoms with Gasteiger partial charge in [0.15, 0.2) is 0 Å². The number of hydrogen-bond acceptors (Lipinski definition) is 7. The Morgan fingerprint density at radius 2 is 1.87 bits per heavy atom. The number of carbonyl (C=O) groups is 1. The van der Waals surface area contributed by atoms with Gasteiger partial charge in [0, 0.05) is 50.9 Å². The summed E-state index contributed by atoms with van der Waals surface area (Å²) in [5.74, 6) is 1.72. The van der Waals surface area contributed by atoms with Gasteiger partial charge in [0.25, 0.3) is 5.70 Å². The van der Waals surface area contributed by atoms with E-state index in [9.17, 15) is 19.7 Å². The zero-order valence-corrected chi connectivity index (χ0v) is 17.9. The molecule has 2 saturated heterocycles. The number of ether oxygens (including phenoxy) is 1. The number of nitro groups is 1. The van der Waals surface area contributed by atoms with E-state index >= 15 is 0 Å². The third-order valence-electron chi connectivity index (χ3n) is 5.66. The molecule has 9 heteroatoms. The molecule has 0 radical (unpaired) electrons. The van der Waals surface area contributed by atoms with E-state index in [-0.39, 0.29) is 29.9 Å². The molecule has 2 aliphatic heterocycles. The highest BCUT2D eigenvalue weighted by molar-refractivity contribution is 5.68. The van der Waals surface area contributed by atoms with Crippen LogP contribution in [-0.4, -0.2) is 76.1 Å². The highest BCUT2D eigenvalue weighted by atomic mass is 16.6. The minimum absolute atomic E-state index is 0.0301. The van der Waals surface area contributed by atoms with Gasteiger partial charge in [-0.15, -0.1) is 0 Å². The number of nitrogens with zero attached hydrogens (tertiary/aromatic N) is 4. The van der Waals surface area contributed by atoms with Gasteiger partial charge in [-0.3, -0.25) is 19.9 Å². The van der Waals surface area contributed by atoms with Crippen molar-refractivity contribution in [1.29, 1.82) is 0 Å². The van der Waals surface area contributed by atoms with Crippen LogP contribution in [0.3, 0.4) is 0 Å². The van der Waals surface area contributed by atoms with Crippen LogP contribution in [0.2, 0.25) is 0 Å². The summed E-state index contributed by atoms with van der Waals surface area (Å²) < 4.78 is 5.61. The van der Waals surface area contributed by atoms with E-state index in [2.05, 4.69) is 9.80 Å².